The first kappa shape index (κ1) is 16.2. The van der Waals surface area contributed by atoms with Crippen LogP contribution in [0.25, 0.3) is 0 Å². The fraction of sp³-hybridized carbons (Fsp3) is 0.250. The third-order valence-corrected chi connectivity index (χ3v) is 4.18. The Bertz CT molecular complexity index is 627. The van der Waals surface area contributed by atoms with Crippen molar-refractivity contribution in [3.05, 3.63) is 69.5 Å². The fourth-order valence-corrected chi connectivity index (χ4v) is 2.69. The summed E-state index contributed by atoms with van der Waals surface area (Å²) in [6.07, 6.45) is 0.253. The molecule has 0 aliphatic rings. The third kappa shape index (κ3) is 3.55. The van der Waals surface area contributed by atoms with Gasteiger partial charge in [0, 0.05) is 15.5 Å². The summed E-state index contributed by atoms with van der Waals surface area (Å²) < 4.78 is 13.4. The summed E-state index contributed by atoms with van der Waals surface area (Å²) in [5, 5.41) is 20.6. The molecule has 0 heterocycles. The zero-order valence-corrected chi connectivity index (χ0v) is 12.7. The van der Waals surface area contributed by atoms with E-state index in [1.807, 2.05) is 0 Å². The first-order valence-electron chi connectivity index (χ1n) is 6.42. The maximum absolute atomic E-state index is 13.4. The minimum absolute atomic E-state index is 0.253. The van der Waals surface area contributed by atoms with Gasteiger partial charge in [0.1, 0.15) is 5.82 Å². The molecule has 0 aliphatic carbocycles. The standard InChI is InChI=1S/C16H15Cl2FO2/c17-13-4-5-15(18)11(6-13)8-16(9-20,10-21)12-2-1-3-14(19)7-12/h1-7,20-21H,8-10H2. The summed E-state index contributed by atoms with van der Waals surface area (Å²) in [5.41, 5.74) is 0.191. The van der Waals surface area contributed by atoms with Crippen LogP contribution in [0.3, 0.4) is 0 Å². The molecule has 0 bridgehead atoms. The second-order valence-corrected chi connectivity index (χ2v) is 5.86. The van der Waals surface area contributed by atoms with Crippen LogP contribution in [0.15, 0.2) is 42.5 Å². The Morgan fingerprint density at radius 2 is 1.71 bits per heavy atom. The number of aliphatic hydroxyl groups excluding tert-OH is 2. The second-order valence-electron chi connectivity index (χ2n) is 5.02. The highest BCUT2D eigenvalue weighted by molar-refractivity contribution is 6.33. The monoisotopic (exact) mass is 328 g/mol. The summed E-state index contributed by atoms with van der Waals surface area (Å²) >= 11 is 12.1. The van der Waals surface area contributed by atoms with Crippen LogP contribution in [0.4, 0.5) is 4.39 Å². The van der Waals surface area contributed by atoms with Crippen LogP contribution in [-0.2, 0) is 11.8 Å². The van der Waals surface area contributed by atoms with E-state index in [2.05, 4.69) is 0 Å². The molecule has 0 saturated carbocycles. The molecule has 2 aromatic carbocycles. The van der Waals surface area contributed by atoms with Crippen molar-refractivity contribution < 1.29 is 14.6 Å². The molecular formula is C16H15Cl2FO2. The molecule has 0 saturated heterocycles. The van der Waals surface area contributed by atoms with Crippen molar-refractivity contribution in [2.45, 2.75) is 11.8 Å². The van der Waals surface area contributed by atoms with E-state index in [4.69, 9.17) is 23.2 Å². The van der Waals surface area contributed by atoms with E-state index in [1.165, 1.54) is 12.1 Å². The van der Waals surface area contributed by atoms with E-state index in [-0.39, 0.29) is 19.6 Å². The van der Waals surface area contributed by atoms with Gasteiger partial charge in [-0.3, -0.25) is 0 Å². The first-order chi connectivity index (χ1) is 10.0. The van der Waals surface area contributed by atoms with Gasteiger partial charge in [-0.15, -0.1) is 0 Å². The van der Waals surface area contributed by atoms with E-state index < -0.39 is 11.2 Å². The number of halogens is 3. The van der Waals surface area contributed by atoms with Crippen molar-refractivity contribution in [1.29, 1.82) is 0 Å². The highest BCUT2D eigenvalue weighted by atomic mass is 35.5. The number of hydrogen-bond acceptors (Lipinski definition) is 2. The smallest absolute Gasteiger partial charge is 0.123 e. The Hall–Kier alpha value is -1.13. The van der Waals surface area contributed by atoms with Gasteiger partial charge in [-0.1, -0.05) is 35.3 Å². The SMILES string of the molecule is OCC(CO)(Cc1cc(Cl)ccc1Cl)c1cccc(F)c1. The fourth-order valence-electron chi connectivity index (χ4n) is 2.31. The molecule has 0 atom stereocenters. The van der Waals surface area contributed by atoms with Crippen LogP contribution in [0.1, 0.15) is 11.1 Å². The largest absolute Gasteiger partial charge is 0.395 e. The Balaban J connectivity index is 2.45. The molecule has 0 amide bonds. The van der Waals surface area contributed by atoms with Crippen molar-refractivity contribution in [2.75, 3.05) is 13.2 Å². The van der Waals surface area contributed by atoms with Crippen LogP contribution < -0.4 is 0 Å². The number of hydrogen-bond donors (Lipinski definition) is 2. The highest BCUT2D eigenvalue weighted by Gasteiger charge is 2.32. The van der Waals surface area contributed by atoms with Gasteiger partial charge in [-0.05, 0) is 47.9 Å². The molecule has 2 rings (SSSR count). The molecule has 0 unspecified atom stereocenters. The van der Waals surface area contributed by atoms with Gasteiger partial charge in [0.05, 0.1) is 13.2 Å². The third-order valence-electron chi connectivity index (χ3n) is 3.58. The predicted molar refractivity (Wildman–Crippen MR) is 82.4 cm³/mol. The topological polar surface area (TPSA) is 40.5 Å². The molecule has 2 N–H and O–H groups in total. The van der Waals surface area contributed by atoms with Gasteiger partial charge in [-0.25, -0.2) is 4.39 Å². The van der Waals surface area contributed by atoms with Gasteiger partial charge in [0.25, 0.3) is 0 Å². The molecule has 0 aromatic heterocycles. The zero-order chi connectivity index (χ0) is 15.5. The Morgan fingerprint density at radius 1 is 1.00 bits per heavy atom. The molecule has 21 heavy (non-hydrogen) atoms. The van der Waals surface area contributed by atoms with Crippen molar-refractivity contribution >= 4 is 23.2 Å². The molecule has 0 spiro atoms. The van der Waals surface area contributed by atoms with Gasteiger partial charge >= 0.3 is 0 Å². The number of benzene rings is 2. The van der Waals surface area contributed by atoms with Crippen LogP contribution >= 0.6 is 23.2 Å². The number of rotatable bonds is 5. The van der Waals surface area contributed by atoms with Gasteiger partial charge < -0.3 is 10.2 Å². The van der Waals surface area contributed by atoms with Gasteiger partial charge in [-0.2, -0.15) is 0 Å². The summed E-state index contributed by atoms with van der Waals surface area (Å²) in [6.45, 7) is -0.675. The van der Waals surface area contributed by atoms with E-state index in [0.717, 1.165) is 0 Å². The van der Waals surface area contributed by atoms with E-state index in [9.17, 15) is 14.6 Å². The molecule has 0 aliphatic heterocycles. The quantitative estimate of drug-likeness (QED) is 0.880. The average molecular weight is 329 g/mol. The summed E-state index contributed by atoms with van der Waals surface area (Å²) in [4.78, 5) is 0. The maximum atomic E-state index is 13.4. The van der Waals surface area contributed by atoms with Gasteiger partial charge in [0.2, 0.25) is 0 Å². The van der Waals surface area contributed by atoms with Gasteiger partial charge in [0.15, 0.2) is 0 Å². The van der Waals surface area contributed by atoms with Crippen LogP contribution in [0.5, 0.6) is 0 Å². The minimum atomic E-state index is -1.02. The second kappa shape index (κ2) is 6.75. The van der Waals surface area contributed by atoms with Crippen molar-refractivity contribution in [3.63, 3.8) is 0 Å². The Morgan fingerprint density at radius 3 is 2.33 bits per heavy atom. The molecule has 2 aromatic rings. The Kier molecular flexibility index (Phi) is 5.22. The average Bonchev–Trinajstić information content (AvgIpc) is 2.48. The summed E-state index contributed by atoms with van der Waals surface area (Å²) in [7, 11) is 0. The van der Waals surface area contributed by atoms with Crippen LogP contribution in [0.2, 0.25) is 10.0 Å². The summed E-state index contributed by atoms with van der Waals surface area (Å²) in [5.74, 6) is -0.420. The normalized spacial score (nSPS) is 11.7. The minimum Gasteiger partial charge on any atom is -0.395 e. The molecule has 5 heteroatoms. The van der Waals surface area contributed by atoms with Crippen molar-refractivity contribution in [1.82, 2.24) is 0 Å². The lowest BCUT2D eigenvalue weighted by Crippen LogP contribution is -2.37. The lowest BCUT2D eigenvalue weighted by Gasteiger charge is -2.31. The van der Waals surface area contributed by atoms with Crippen molar-refractivity contribution in [3.8, 4) is 0 Å². The van der Waals surface area contributed by atoms with Crippen LogP contribution in [0, 0.1) is 5.82 Å². The van der Waals surface area contributed by atoms with Crippen molar-refractivity contribution in [2.24, 2.45) is 0 Å². The van der Waals surface area contributed by atoms with E-state index in [0.29, 0.717) is 21.2 Å². The Labute approximate surface area is 132 Å². The van der Waals surface area contributed by atoms with Crippen LogP contribution in [-0.4, -0.2) is 23.4 Å². The van der Waals surface area contributed by atoms with E-state index >= 15 is 0 Å². The molecular weight excluding hydrogens is 314 g/mol. The molecule has 2 nitrogen and oxygen atoms in total. The molecule has 0 radical (unpaired) electrons. The molecule has 112 valence electrons. The molecule has 0 fully saturated rings. The van der Waals surface area contributed by atoms with E-state index in [1.54, 1.807) is 30.3 Å². The number of aliphatic hydroxyl groups is 2. The highest BCUT2D eigenvalue weighted by Crippen LogP contribution is 2.32. The zero-order valence-electron chi connectivity index (χ0n) is 11.2. The lowest BCUT2D eigenvalue weighted by atomic mass is 9.77. The summed E-state index contributed by atoms with van der Waals surface area (Å²) in [6, 6.07) is 10.8. The predicted octanol–water partition coefficient (Wildman–Crippen LogP) is 3.60. The maximum Gasteiger partial charge on any atom is 0.123 e. The first-order valence-corrected chi connectivity index (χ1v) is 7.18. The lowest BCUT2D eigenvalue weighted by molar-refractivity contribution is 0.116.